The molecule has 0 spiro atoms. The van der Waals surface area contributed by atoms with E-state index in [1.54, 1.807) is 13.0 Å². The first-order chi connectivity index (χ1) is 7.40. The van der Waals surface area contributed by atoms with Crippen molar-refractivity contribution in [2.24, 2.45) is 0 Å². The van der Waals surface area contributed by atoms with E-state index in [-0.39, 0.29) is 12.0 Å². The summed E-state index contributed by atoms with van der Waals surface area (Å²) in [6.07, 6.45) is -4.21. The molecule has 1 N–H and O–H groups in total. The normalized spacial score (nSPS) is 11.3. The minimum Gasteiger partial charge on any atom is -0.388 e. The average molecular weight is 231 g/mol. The van der Waals surface area contributed by atoms with E-state index in [9.17, 15) is 18.0 Å². The molecule has 88 valence electrons. The number of anilines is 1. The van der Waals surface area contributed by atoms with Gasteiger partial charge in [0, 0.05) is 19.2 Å². The summed E-state index contributed by atoms with van der Waals surface area (Å²) in [5.41, 5.74) is 0.102. The lowest BCUT2D eigenvalue weighted by atomic mass is 9.99. The summed E-state index contributed by atoms with van der Waals surface area (Å²) in [4.78, 5) is 10.4. The molecule has 0 radical (unpaired) electrons. The number of rotatable bonds is 3. The van der Waals surface area contributed by atoms with Crippen LogP contribution in [0.4, 0.5) is 18.9 Å². The molecule has 0 heterocycles. The number of carbonyl (C=O) groups is 1. The van der Waals surface area contributed by atoms with Crippen molar-refractivity contribution in [1.82, 2.24) is 0 Å². The molecule has 0 atom stereocenters. The van der Waals surface area contributed by atoms with Gasteiger partial charge in [-0.1, -0.05) is 0 Å². The molecule has 2 nitrogen and oxygen atoms in total. The Morgan fingerprint density at radius 3 is 2.44 bits per heavy atom. The third kappa shape index (κ3) is 2.53. The maximum Gasteiger partial charge on any atom is 0.416 e. The van der Waals surface area contributed by atoms with Crippen LogP contribution < -0.4 is 5.32 Å². The molecular weight excluding hydrogens is 219 g/mol. The van der Waals surface area contributed by atoms with Crippen LogP contribution in [0.5, 0.6) is 0 Å². The highest BCUT2D eigenvalue weighted by Gasteiger charge is 2.34. The molecule has 1 aromatic carbocycles. The number of hydrogen-bond donors (Lipinski definition) is 1. The van der Waals surface area contributed by atoms with Gasteiger partial charge in [-0.25, -0.2) is 0 Å². The third-order valence-corrected chi connectivity index (χ3v) is 2.26. The molecular formula is C11H12F3NO. The zero-order chi connectivity index (χ0) is 12.3. The first kappa shape index (κ1) is 12.5. The fourth-order valence-electron chi connectivity index (χ4n) is 1.60. The van der Waals surface area contributed by atoms with Crippen molar-refractivity contribution in [1.29, 1.82) is 0 Å². The van der Waals surface area contributed by atoms with Gasteiger partial charge in [0.2, 0.25) is 0 Å². The SMILES string of the molecule is CNc1cc(C)cc(C(F)(F)F)c1CC=O. The van der Waals surface area contributed by atoms with Crippen molar-refractivity contribution >= 4 is 12.0 Å². The summed E-state index contributed by atoms with van der Waals surface area (Å²) in [6.45, 7) is 1.58. The first-order valence-electron chi connectivity index (χ1n) is 4.72. The van der Waals surface area contributed by atoms with E-state index < -0.39 is 11.7 Å². The maximum atomic E-state index is 12.7. The first-order valence-corrected chi connectivity index (χ1v) is 4.72. The highest BCUT2D eigenvalue weighted by atomic mass is 19.4. The number of nitrogens with one attached hydrogen (secondary N) is 1. The molecule has 0 aliphatic heterocycles. The van der Waals surface area contributed by atoms with E-state index in [0.29, 0.717) is 17.5 Å². The Kier molecular flexibility index (Phi) is 3.57. The third-order valence-electron chi connectivity index (χ3n) is 2.26. The van der Waals surface area contributed by atoms with E-state index in [2.05, 4.69) is 5.32 Å². The Hall–Kier alpha value is -1.52. The Balaban J connectivity index is 3.43. The molecule has 0 saturated heterocycles. The van der Waals surface area contributed by atoms with Crippen LogP contribution in [0.15, 0.2) is 12.1 Å². The highest BCUT2D eigenvalue weighted by molar-refractivity contribution is 5.66. The zero-order valence-corrected chi connectivity index (χ0v) is 8.98. The van der Waals surface area contributed by atoms with Crippen molar-refractivity contribution in [2.45, 2.75) is 19.5 Å². The molecule has 0 bridgehead atoms. The minimum atomic E-state index is -4.43. The number of hydrogen-bond acceptors (Lipinski definition) is 2. The van der Waals surface area contributed by atoms with Gasteiger partial charge < -0.3 is 10.1 Å². The van der Waals surface area contributed by atoms with Gasteiger partial charge >= 0.3 is 6.18 Å². The summed E-state index contributed by atoms with van der Waals surface area (Å²) in [6, 6.07) is 2.65. The summed E-state index contributed by atoms with van der Waals surface area (Å²) < 4.78 is 38.2. The molecule has 1 aromatic rings. The summed E-state index contributed by atoms with van der Waals surface area (Å²) >= 11 is 0. The topological polar surface area (TPSA) is 29.1 Å². The van der Waals surface area contributed by atoms with Crippen LogP contribution in [-0.4, -0.2) is 13.3 Å². The minimum absolute atomic E-state index is 0.00407. The summed E-state index contributed by atoms with van der Waals surface area (Å²) in [5.74, 6) is 0. The molecule has 0 aromatic heterocycles. The van der Waals surface area contributed by atoms with E-state index in [4.69, 9.17) is 0 Å². The molecule has 5 heteroatoms. The predicted molar refractivity (Wildman–Crippen MR) is 55.5 cm³/mol. The number of alkyl halides is 3. The van der Waals surface area contributed by atoms with Crippen LogP contribution in [0.1, 0.15) is 16.7 Å². The smallest absolute Gasteiger partial charge is 0.388 e. The molecule has 0 fully saturated rings. The highest BCUT2D eigenvalue weighted by Crippen LogP contribution is 2.36. The molecule has 0 aliphatic carbocycles. The van der Waals surface area contributed by atoms with Gasteiger partial charge in [0.1, 0.15) is 6.29 Å². The van der Waals surface area contributed by atoms with Crippen LogP contribution in [0.2, 0.25) is 0 Å². The monoisotopic (exact) mass is 231 g/mol. The molecule has 1 rings (SSSR count). The molecule has 0 saturated carbocycles. The number of aryl methyl sites for hydroxylation is 1. The molecule has 0 aliphatic rings. The number of carbonyl (C=O) groups excluding carboxylic acids is 1. The summed E-state index contributed by atoms with van der Waals surface area (Å²) in [5, 5.41) is 2.67. The molecule has 0 unspecified atom stereocenters. The van der Waals surface area contributed by atoms with Crippen molar-refractivity contribution in [3.05, 3.63) is 28.8 Å². The van der Waals surface area contributed by atoms with Crippen LogP contribution in [0.25, 0.3) is 0 Å². The van der Waals surface area contributed by atoms with E-state index >= 15 is 0 Å². The maximum absolute atomic E-state index is 12.7. The van der Waals surface area contributed by atoms with Crippen molar-refractivity contribution < 1.29 is 18.0 Å². The number of aldehydes is 1. The van der Waals surface area contributed by atoms with Gasteiger partial charge in [0.15, 0.2) is 0 Å². The largest absolute Gasteiger partial charge is 0.416 e. The Bertz CT molecular complexity index is 399. The van der Waals surface area contributed by atoms with Gasteiger partial charge in [-0.05, 0) is 30.2 Å². The average Bonchev–Trinajstić information content (AvgIpc) is 2.18. The van der Waals surface area contributed by atoms with Crippen LogP contribution in [0, 0.1) is 6.92 Å². The van der Waals surface area contributed by atoms with Gasteiger partial charge in [0.05, 0.1) is 5.56 Å². The Morgan fingerprint density at radius 2 is 2.00 bits per heavy atom. The molecule has 16 heavy (non-hydrogen) atoms. The lowest BCUT2D eigenvalue weighted by Gasteiger charge is -2.16. The van der Waals surface area contributed by atoms with Gasteiger partial charge in [0.25, 0.3) is 0 Å². The van der Waals surface area contributed by atoms with E-state index in [1.807, 2.05) is 0 Å². The van der Waals surface area contributed by atoms with Gasteiger partial charge in [-0.15, -0.1) is 0 Å². The van der Waals surface area contributed by atoms with Crippen molar-refractivity contribution in [3.8, 4) is 0 Å². The lowest BCUT2D eigenvalue weighted by Crippen LogP contribution is -2.12. The van der Waals surface area contributed by atoms with Gasteiger partial charge in [-0.3, -0.25) is 0 Å². The summed E-state index contributed by atoms with van der Waals surface area (Å²) in [7, 11) is 1.53. The standard InChI is InChI=1S/C11H12F3NO/c1-7-5-9(11(12,13)14)8(3-4-16)10(6-7)15-2/h4-6,15H,3H2,1-2H3. The van der Waals surface area contributed by atoms with Gasteiger partial charge in [-0.2, -0.15) is 13.2 Å². The van der Waals surface area contributed by atoms with E-state index in [1.165, 1.54) is 7.05 Å². The van der Waals surface area contributed by atoms with Crippen LogP contribution in [0.3, 0.4) is 0 Å². The van der Waals surface area contributed by atoms with Crippen LogP contribution >= 0.6 is 0 Å². The van der Waals surface area contributed by atoms with E-state index in [0.717, 1.165) is 6.07 Å². The Labute approximate surface area is 91.5 Å². The molecule has 0 amide bonds. The van der Waals surface area contributed by atoms with Crippen LogP contribution in [-0.2, 0) is 17.4 Å². The second-order valence-corrected chi connectivity index (χ2v) is 3.46. The Morgan fingerprint density at radius 1 is 1.38 bits per heavy atom. The van der Waals surface area contributed by atoms with Crippen molar-refractivity contribution in [2.75, 3.05) is 12.4 Å². The second-order valence-electron chi connectivity index (χ2n) is 3.46. The van der Waals surface area contributed by atoms with Crippen molar-refractivity contribution in [3.63, 3.8) is 0 Å². The fourth-order valence-corrected chi connectivity index (χ4v) is 1.60. The zero-order valence-electron chi connectivity index (χ0n) is 8.98. The lowest BCUT2D eigenvalue weighted by molar-refractivity contribution is -0.138. The number of benzene rings is 1. The predicted octanol–water partition coefficient (Wildman–Crippen LogP) is 2.80. The quantitative estimate of drug-likeness (QED) is 0.810. The second kappa shape index (κ2) is 4.55. The fraction of sp³-hybridized carbons (Fsp3) is 0.364. The number of halogens is 3.